The number of methoxy groups -OCH3 is 1. The standard InChI is InChI=1S/C20H16Br2FN3O5/c1-9-15(20(27)25-24-7-10-5-3-4-6-11(10)23)26-31-16(9)12-13(21)17(28-2)19-18(14(12)22)29-8-30-19/h3-7,9,16H,8H2,1-2H3,(H,25,27)/b24-7+. The normalized spacial score (nSPS) is 19.3. The molecule has 2 aromatic rings. The molecular weight excluding hydrogens is 541 g/mol. The molecule has 0 fully saturated rings. The number of hydrazone groups is 1. The van der Waals surface area contributed by atoms with Gasteiger partial charge >= 0.3 is 0 Å². The summed E-state index contributed by atoms with van der Waals surface area (Å²) in [7, 11) is 1.52. The van der Waals surface area contributed by atoms with E-state index in [1.807, 2.05) is 0 Å². The zero-order valence-corrected chi connectivity index (χ0v) is 19.5. The van der Waals surface area contributed by atoms with E-state index in [4.69, 9.17) is 19.0 Å². The first kappa shape index (κ1) is 21.6. The van der Waals surface area contributed by atoms with Crippen LogP contribution in [-0.4, -0.2) is 31.7 Å². The molecule has 162 valence electrons. The van der Waals surface area contributed by atoms with Crippen LogP contribution in [0.25, 0.3) is 0 Å². The molecule has 2 unspecified atom stereocenters. The fourth-order valence-electron chi connectivity index (χ4n) is 3.26. The largest absolute Gasteiger partial charge is 0.492 e. The predicted octanol–water partition coefficient (Wildman–Crippen LogP) is 4.30. The van der Waals surface area contributed by atoms with Crippen LogP contribution in [-0.2, 0) is 9.63 Å². The van der Waals surface area contributed by atoms with E-state index in [0.717, 1.165) is 0 Å². The minimum Gasteiger partial charge on any atom is -0.492 e. The lowest BCUT2D eigenvalue weighted by molar-refractivity contribution is -0.115. The summed E-state index contributed by atoms with van der Waals surface area (Å²) in [5.41, 5.74) is 3.41. The van der Waals surface area contributed by atoms with Gasteiger partial charge in [-0.2, -0.15) is 5.10 Å². The van der Waals surface area contributed by atoms with Crippen molar-refractivity contribution in [1.29, 1.82) is 0 Å². The van der Waals surface area contributed by atoms with Gasteiger partial charge in [0, 0.05) is 11.1 Å². The molecule has 2 aromatic carbocycles. The molecule has 2 atom stereocenters. The van der Waals surface area contributed by atoms with Gasteiger partial charge in [0.2, 0.25) is 12.5 Å². The maximum Gasteiger partial charge on any atom is 0.289 e. The Balaban J connectivity index is 1.54. The van der Waals surface area contributed by atoms with Gasteiger partial charge in [0.05, 0.1) is 28.2 Å². The lowest BCUT2D eigenvalue weighted by Crippen LogP contribution is -2.31. The Morgan fingerprint density at radius 3 is 2.77 bits per heavy atom. The first-order chi connectivity index (χ1) is 14.9. The van der Waals surface area contributed by atoms with Crippen molar-refractivity contribution >= 4 is 49.7 Å². The van der Waals surface area contributed by atoms with Crippen molar-refractivity contribution in [1.82, 2.24) is 5.43 Å². The van der Waals surface area contributed by atoms with Gasteiger partial charge in [0.25, 0.3) is 5.91 Å². The highest BCUT2D eigenvalue weighted by Gasteiger charge is 2.41. The second kappa shape index (κ2) is 8.83. The third-order valence-corrected chi connectivity index (χ3v) is 6.41. The van der Waals surface area contributed by atoms with Crippen LogP contribution in [0.1, 0.15) is 24.2 Å². The van der Waals surface area contributed by atoms with Gasteiger partial charge in [-0.3, -0.25) is 4.79 Å². The summed E-state index contributed by atoms with van der Waals surface area (Å²) in [5, 5.41) is 7.76. The molecule has 2 aliphatic heterocycles. The summed E-state index contributed by atoms with van der Waals surface area (Å²) >= 11 is 7.07. The first-order valence-electron chi connectivity index (χ1n) is 9.10. The molecule has 0 aromatic heterocycles. The first-order valence-corrected chi connectivity index (χ1v) is 10.7. The summed E-state index contributed by atoms with van der Waals surface area (Å²) in [4.78, 5) is 18.2. The summed E-state index contributed by atoms with van der Waals surface area (Å²) in [6.07, 6.45) is 0.616. The Morgan fingerprint density at radius 1 is 1.29 bits per heavy atom. The summed E-state index contributed by atoms with van der Waals surface area (Å²) in [6, 6.07) is 6.09. The lowest BCUT2D eigenvalue weighted by Gasteiger charge is -2.20. The molecule has 0 spiro atoms. The molecule has 2 aliphatic rings. The molecule has 0 saturated carbocycles. The molecule has 1 amide bonds. The third kappa shape index (κ3) is 3.87. The van der Waals surface area contributed by atoms with Crippen LogP contribution in [0.3, 0.4) is 0 Å². The number of fused-ring (bicyclic) bond motifs is 1. The second-order valence-electron chi connectivity index (χ2n) is 6.65. The average Bonchev–Trinajstić information content (AvgIpc) is 3.38. The monoisotopic (exact) mass is 555 g/mol. The van der Waals surface area contributed by atoms with E-state index in [9.17, 15) is 9.18 Å². The Labute approximate surface area is 193 Å². The Bertz CT molecular complexity index is 1110. The van der Waals surface area contributed by atoms with Gasteiger partial charge in [-0.05, 0) is 37.9 Å². The number of oxime groups is 1. The number of hydrogen-bond donors (Lipinski definition) is 1. The predicted molar refractivity (Wildman–Crippen MR) is 117 cm³/mol. The number of carbonyl (C=O) groups excluding carboxylic acids is 1. The Kier molecular flexibility index (Phi) is 6.15. The smallest absolute Gasteiger partial charge is 0.289 e. The highest BCUT2D eigenvalue weighted by Crippen LogP contribution is 2.55. The molecule has 2 heterocycles. The highest BCUT2D eigenvalue weighted by atomic mass is 79.9. The second-order valence-corrected chi connectivity index (χ2v) is 8.24. The molecule has 31 heavy (non-hydrogen) atoms. The lowest BCUT2D eigenvalue weighted by atomic mass is 9.93. The fourth-order valence-corrected chi connectivity index (χ4v) is 5.01. The minimum atomic E-state index is -0.608. The summed E-state index contributed by atoms with van der Waals surface area (Å²) in [6.45, 7) is 1.86. The number of carbonyl (C=O) groups is 1. The SMILES string of the molecule is COc1c(Br)c(C2ON=C(C(=O)N/N=C/c3ccccc3F)C2C)c(Br)c2c1OCO2. The van der Waals surface area contributed by atoms with Crippen LogP contribution in [0.4, 0.5) is 4.39 Å². The Morgan fingerprint density at radius 2 is 2.03 bits per heavy atom. The van der Waals surface area contributed by atoms with Gasteiger partial charge in [-0.15, -0.1) is 0 Å². The zero-order valence-electron chi connectivity index (χ0n) is 16.3. The zero-order chi connectivity index (χ0) is 22.1. The van der Waals surface area contributed by atoms with Crippen LogP contribution < -0.4 is 19.6 Å². The number of nitrogens with one attached hydrogen (secondary N) is 1. The molecule has 11 heteroatoms. The van der Waals surface area contributed by atoms with Crippen LogP contribution in [0.2, 0.25) is 0 Å². The fraction of sp³-hybridized carbons (Fsp3) is 0.250. The van der Waals surface area contributed by atoms with Crippen molar-refractivity contribution in [3.05, 3.63) is 50.2 Å². The van der Waals surface area contributed by atoms with E-state index in [1.165, 1.54) is 19.4 Å². The van der Waals surface area contributed by atoms with Crippen LogP contribution >= 0.6 is 31.9 Å². The number of hydrogen-bond acceptors (Lipinski definition) is 7. The summed E-state index contributed by atoms with van der Waals surface area (Å²) < 4.78 is 31.4. The van der Waals surface area contributed by atoms with Gasteiger partial charge in [0.15, 0.2) is 23.3 Å². The Hall–Kier alpha value is -2.66. The van der Waals surface area contributed by atoms with E-state index in [1.54, 1.807) is 25.1 Å². The van der Waals surface area contributed by atoms with Crippen molar-refractivity contribution in [2.24, 2.45) is 16.2 Å². The molecule has 0 bridgehead atoms. The van der Waals surface area contributed by atoms with E-state index in [0.29, 0.717) is 31.8 Å². The molecular formula is C20H16Br2FN3O5. The van der Waals surface area contributed by atoms with Crippen molar-refractivity contribution in [2.75, 3.05) is 13.9 Å². The molecule has 1 N–H and O–H groups in total. The molecule has 8 nitrogen and oxygen atoms in total. The minimum absolute atomic E-state index is 0.0609. The number of benzene rings is 2. The van der Waals surface area contributed by atoms with Crippen molar-refractivity contribution in [3.8, 4) is 17.2 Å². The van der Waals surface area contributed by atoms with E-state index >= 15 is 0 Å². The van der Waals surface area contributed by atoms with Crippen molar-refractivity contribution < 1.29 is 28.2 Å². The van der Waals surface area contributed by atoms with Gasteiger partial charge in [0.1, 0.15) is 5.82 Å². The maximum absolute atomic E-state index is 13.7. The van der Waals surface area contributed by atoms with Gasteiger partial charge < -0.3 is 19.0 Å². The van der Waals surface area contributed by atoms with Crippen LogP contribution in [0, 0.1) is 11.7 Å². The third-order valence-electron chi connectivity index (χ3n) is 4.84. The molecule has 0 saturated heterocycles. The summed E-state index contributed by atoms with van der Waals surface area (Å²) in [5.74, 6) is -0.0186. The van der Waals surface area contributed by atoms with E-state index in [2.05, 4.69) is 47.5 Å². The van der Waals surface area contributed by atoms with Gasteiger partial charge in [-0.25, -0.2) is 9.82 Å². The topological polar surface area (TPSA) is 90.7 Å². The van der Waals surface area contributed by atoms with Gasteiger partial charge in [-0.1, -0.05) is 30.3 Å². The number of halogens is 3. The number of nitrogens with zero attached hydrogens (tertiary/aromatic N) is 2. The number of ether oxygens (including phenoxy) is 3. The van der Waals surface area contributed by atoms with Crippen molar-refractivity contribution in [3.63, 3.8) is 0 Å². The van der Waals surface area contributed by atoms with Crippen LogP contribution in [0.15, 0.2) is 43.5 Å². The van der Waals surface area contributed by atoms with Crippen LogP contribution in [0.5, 0.6) is 17.2 Å². The van der Waals surface area contributed by atoms with Crippen molar-refractivity contribution in [2.45, 2.75) is 13.0 Å². The molecule has 4 rings (SSSR count). The van der Waals surface area contributed by atoms with E-state index < -0.39 is 23.7 Å². The number of amides is 1. The highest BCUT2D eigenvalue weighted by molar-refractivity contribution is 9.11. The molecule has 0 radical (unpaired) electrons. The average molecular weight is 557 g/mol. The molecule has 0 aliphatic carbocycles. The quantitative estimate of drug-likeness (QED) is 0.438. The maximum atomic E-state index is 13.7. The number of rotatable bonds is 5. The van der Waals surface area contributed by atoms with E-state index in [-0.39, 0.29) is 18.1 Å².